The van der Waals surface area contributed by atoms with Crippen molar-refractivity contribution in [2.45, 2.75) is 58.0 Å². The smallest absolute Gasteiger partial charge is 0.338 e. The zero-order chi connectivity index (χ0) is 18.6. The number of hydrogen-bond donors (Lipinski definition) is 1. The fraction of sp³-hybridized carbons (Fsp3) is 0.579. The Morgan fingerprint density at radius 2 is 2.12 bits per heavy atom. The van der Waals surface area contributed by atoms with Crippen LogP contribution < -0.4 is 0 Å². The van der Waals surface area contributed by atoms with Crippen LogP contribution in [0.4, 0.5) is 0 Å². The molecule has 0 radical (unpaired) electrons. The SMILES string of the molecule is C=C1C(=O)O/C2=C(\C)[C@]3(O)C=C[C@](C)(C[C@@H](OC(=O)C(C)C)[C@@H]1C2)O3. The molecule has 0 amide bonds. The normalized spacial score (nSPS) is 40.4. The molecule has 3 rings (SSSR count). The molecular formula is C19H24O6. The van der Waals surface area contributed by atoms with Crippen molar-refractivity contribution >= 4 is 11.9 Å². The number of hydrogen-bond acceptors (Lipinski definition) is 6. The van der Waals surface area contributed by atoms with Crippen molar-refractivity contribution in [1.82, 2.24) is 0 Å². The first-order chi connectivity index (χ1) is 11.5. The molecule has 0 saturated carbocycles. The minimum absolute atomic E-state index is 0.274. The summed E-state index contributed by atoms with van der Waals surface area (Å²) in [6.07, 6.45) is 3.34. The Morgan fingerprint density at radius 1 is 1.44 bits per heavy atom. The number of fused-ring (bicyclic) bond motifs is 4. The van der Waals surface area contributed by atoms with Crippen LogP contribution in [0.5, 0.6) is 0 Å². The molecule has 3 aliphatic rings. The number of rotatable bonds is 2. The third-order valence-electron chi connectivity index (χ3n) is 5.13. The summed E-state index contributed by atoms with van der Waals surface area (Å²) >= 11 is 0. The number of allylic oxidation sites excluding steroid dienone is 1. The van der Waals surface area contributed by atoms with Crippen LogP contribution in [0.2, 0.25) is 0 Å². The van der Waals surface area contributed by atoms with Crippen molar-refractivity contribution < 1.29 is 28.9 Å². The van der Waals surface area contributed by atoms with Crippen LogP contribution in [0, 0.1) is 11.8 Å². The van der Waals surface area contributed by atoms with Crippen LogP contribution in [-0.4, -0.2) is 34.5 Å². The van der Waals surface area contributed by atoms with E-state index in [2.05, 4.69) is 6.58 Å². The fourth-order valence-corrected chi connectivity index (χ4v) is 3.45. The Morgan fingerprint density at radius 3 is 2.76 bits per heavy atom. The summed E-state index contributed by atoms with van der Waals surface area (Å²) in [5, 5.41) is 10.8. The van der Waals surface area contributed by atoms with Crippen LogP contribution in [0.1, 0.15) is 40.5 Å². The van der Waals surface area contributed by atoms with Gasteiger partial charge in [0.1, 0.15) is 11.9 Å². The molecule has 1 N–H and O–H groups in total. The molecule has 4 bridgehead atoms. The van der Waals surface area contributed by atoms with Gasteiger partial charge in [0.2, 0.25) is 5.79 Å². The average Bonchev–Trinajstić information content (AvgIpc) is 2.85. The van der Waals surface area contributed by atoms with Gasteiger partial charge in [0.05, 0.1) is 11.5 Å². The van der Waals surface area contributed by atoms with E-state index >= 15 is 0 Å². The number of ether oxygens (including phenoxy) is 3. The van der Waals surface area contributed by atoms with Gasteiger partial charge in [0.25, 0.3) is 0 Å². The maximum absolute atomic E-state index is 12.2. The zero-order valence-electron chi connectivity index (χ0n) is 15.0. The van der Waals surface area contributed by atoms with Gasteiger partial charge in [-0.05, 0) is 19.9 Å². The van der Waals surface area contributed by atoms with Gasteiger partial charge in [-0.2, -0.15) is 0 Å². The number of esters is 2. The van der Waals surface area contributed by atoms with Crippen molar-refractivity contribution in [2.24, 2.45) is 11.8 Å². The van der Waals surface area contributed by atoms with Crippen molar-refractivity contribution in [3.05, 3.63) is 35.6 Å². The lowest BCUT2D eigenvalue weighted by Crippen LogP contribution is -2.41. The molecule has 0 aromatic carbocycles. The summed E-state index contributed by atoms with van der Waals surface area (Å²) in [6, 6.07) is 0. The van der Waals surface area contributed by atoms with Crippen LogP contribution in [0.3, 0.4) is 0 Å². The van der Waals surface area contributed by atoms with Crippen molar-refractivity contribution in [3.63, 3.8) is 0 Å². The van der Waals surface area contributed by atoms with E-state index in [9.17, 15) is 14.7 Å². The number of carbonyl (C=O) groups is 2. The average molecular weight is 348 g/mol. The van der Waals surface area contributed by atoms with Gasteiger partial charge in [-0.1, -0.05) is 26.5 Å². The molecule has 0 aliphatic carbocycles. The molecule has 6 nitrogen and oxygen atoms in total. The summed E-state index contributed by atoms with van der Waals surface area (Å²) in [7, 11) is 0. The van der Waals surface area contributed by atoms with Gasteiger partial charge in [-0.25, -0.2) is 4.79 Å². The molecular weight excluding hydrogens is 324 g/mol. The van der Waals surface area contributed by atoms with E-state index in [4.69, 9.17) is 14.2 Å². The summed E-state index contributed by atoms with van der Waals surface area (Å²) < 4.78 is 17.0. The highest BCUT2D eigenvalue weighted by Gasteiger charge is 2.50. The Kier molecular flexibility index (Phi) is 4.16. The second kappa shape index (κ2) is 5.81. The molecule has 4 atom stereocenters. The predicted molar refractivity (Wildman–Crippen MR) is 89.0 cm³/mol. The van der Waals surface area contributed by atoms with E-state index in [0.717, 1.165) is 0 Å². The van der Waals surface area contributed by atoms with E-state index in [-0.39, 0.29) is 17.5 Å². The second-order valence-electron chi connectivity index (χ2n) is 7.55. The maximum atomic E-state index is 12.2. The standard InChI is InChI=1S/C19H24O6/c1-10(2)16(20)24-15-9-18(5)6-7-19(22,25-18)12(4)14-8-13(15)11(3)17(21)23-14/h6-7,10,13,15,22H,3,8-9H2,1-2,4-5H3/b14-12+/t13-,15-,18-,19+/m1/s1. The van der Waals surface area contributed by atoms with E-state index in [1.54, 1.807) is 32.9 Å². The summed E-state index contributed by atoms with van der Waals surface area (Å²) in [4.78, 5) is 24.4. The zero-order valence-corrected chi connectivity index (χ0v) is 15.0. The van der Waals surface area contributed by atoms with Gasteiger partial charge in [-0.15, -0.1) is 0 Å². The Bertz CT molecular complexity index is 703. The quantitative estimate of drug-likeness (QED) is 0.469. The number of aliphatic hydroxyl groups is 1. The predicted octanol–water partition coefficient (Wildman–Crippen LogP) is 2.38. The summed E-state index contributed by atoms with van der Waals surface area (Å²) in [5.74, 6) is -2.91. The van der Waals surface area contributed by atoms with Gasteiger partial charge in [-0.3, -0.25) is 4.79 Å². The fourth-order valence-electron chi connectivity index (χ4n) is 3.45. The third kappa shape index (κ3) is 3.04. The topological polar surface area (TPSA) is 82.1 Å². The molecule has 0 unspecified atom stereocenters. The molecule has 3 aliphatic heterocycles. The van der Waals surface area contributed by atoms with Crippen LogP contribution in [0.15, 0.2) is 35.6 Å². The Balaban J connectivity index is 2.06. The highest BCUT2D eigenvalue weighted by atomic mass is 16.6. The largest absolute Gasteiger partial charge is 0.461 e. The molecule has 0 aromatic heterocycles. The first-order valence-corrected chi connectivity index (χ1v) is 8.49. The summed E-state index contributed by atoms with van der Waals surface area (Å²) in [6.45, 7) is 10.8. The highest BCUT2D eigenvalue weighted by Crippen LogP contribution is 2.45. The van der Waals surface area contributed by atoms with Crippen LogP contribution in [-0.2, 0) is 23.8 Å². The van der Waals surface area contributed by atoms with Gasteiger partial charge in [0.15, 0.2) is 0 Å². The monoisotopic (exact) mass is 348 g/mol. The molecule has 0 aromatic rings. The molecule has 1 fully saturated rings. The van der Waals surface area contributed by atoms with E-state index in [1.165, 1.54) is 0 Å². The molecule has 3 heterocycles. The number of carbonyl (C=O) groups excluding carboxylic acids is 2. The lowest BCUT2D eigenvalue weighted by molar-refractivity contribution is -0.190. The van der Waals surface area contributed by atoms with Crippen molar-refractivity contribution in [3.8, 4) is 0 Å². The first kappa shape index (κ1) is 17.9. The second-order valence-corrected chi connectivity index (χ2v) is 7.55. The van der Waals surface area contributed by atoms with Crippen LogP contribution >= 0.6 is 0 Å². The molecule has 25 heavy (non-hydrogen) atoms. The minimum atomic E-state index is -1.63. The maximum Gasteiger partial charge on any atom is 0.338 e. The Labute approximate surface area is 147 Å². The van der Waals surface area contributed by atoms with Crippen molar-refractivity contribution in [2.75, 3.05) is 0 Å². The highest BCUT2D eigenvalue weighted by molar-refractivity contribution is 5.90. The molecule has 1 saturated heterocycles. The van der Waals surface area contributed by atoms with Crippen molar-refractivity contribution in [1.29, 1.82) is 0 Å². The minimum Gasteiger partial charge on any atom is -0.461 e. The van der Waals surface area contributed by atoms with Crippen LogP contribution in [0.25, 0.3) is 0 Å². The van der Waals surface area contributed by atoms with Gasteiger partial charge in [0, 0.05) is 29.9 Å². The van der Waals surface area contributed by atoms with Gasteiger partial charge < -0.3 is 19.3 Å². The van der Waals surface area contributed by atoms with Gasteiger partial charge >= 0.3 is 11.9 Å². The molecule has 6 heteroatoms. The van der Waals surface area contributed by atoms with E-state index < -0.39 is 29.4 Å². The van der Waals surface area contributed by atoms with E-state index in [1.807, 2.05) is 6.92 Å². The van der Waals surface area contributed by atoms with E-state index in [0.29, 0.717) is 24.2 Å². The summed E-state index contributed by atoms with van der Waals surface area (Å²) in [5.41, 5.74) is -0.135. The lowest BCUT2D eigenvalue weighted by atomic mass is 9.81. The first-order valence-electron chi connectivity index (χ1n) is 8.49. The lowest BCUT2D eigenvalue weighted by Gasteiger charge is -2.35. The Hall–Kier alpha value is -1.92. The third-order valence-corrected chi connectivity index (χ3v) is 5.13. The molecule has 136 valence electrons. The molecule has 0 spiro atoms.